The highest BCUT2D eigenvalue weighted by atomic mass is 79.9. The molecule has 0 spiro atoms. The minimum atomic E-state index is 0.203. The summed E-state index contributed by atoms with van der Waals surface area (Å²) < 4.78 is 6.86. The minimum absolute atomic E-state index is 0.203. The van der Waals surface area contributed by atoms with Crippen LogP contribution in [0.25, 0.3) is 0 Å². The van der Waals surface area contributed by atoms with Gasteiger partial charge in [-0.05, 0) is 56.2 Å². The van der Waals surface area contributed by atoms with E-state index in [-0.39, 0.29) is 6.04 Å². The Morgan fingerprint density at radius 1 is 1.42 bits per heavy atom. The predicted molar refractivity (Wildman–Crippen MR) is 81.9 cm³/mol. The second-order valence-corrected chi connectivity index (χ2v) is 6.19. The number of halogens is 1. The molecule has 1 fully saturated rings. The lowest BCUT2D eigenvalue weighted by molar-refractivity contribution is 0.0996. The summed E-state index contributed by atoms with van der Waals surface area (Å²) in [7, 11) is 0. The average molecular weight is 327 g/mol. The molecule has 3 N–H and O–H groups in total. The fourth-order valence-corrected chi connectivity index (χ4v) is 2.98. The van der Waals surface area contributed by atoms with Gasteiger partial charge in [-0.25, -0.2) is 0 Å². The van der Waals surface area contributed by atoms with E-state index >= 15 is 0 Å². The van der Waals surface area contributed by atoms with Crippen molar-refractivity contribution in [2.24, 2.45) is 5.84 Å². The summed E-state index contributed by atoms with van der Waals surface area (Å²) in [4.78, 5) is 0. The molecule has 0 amide bonds. The van der Waals surface area contributed by atoms with Crippen LogP contribution in [0, 0.1) is 13.8 Å². The molecule has 1 aromatic rings. The highest BCUT2D eigenvalue weighted by molar-refractivity contribution is 9.10. The largest absolute Gasteiger partial charge is 0.378 e. The summed E-state index contributed by atoms with van der Waals surface area (Å²) in [6, 6.07) is 4.61. The lowest BCUT2D eigenvalue weighted by Gasteiger charge is -2.20. The van der Waals surface area contributed by atoms with Crippen molar-refractivity contribution in [1.29, 1.82) is 0 Å². The maximum absolute atomic E-state index is 5.73. The molecule has 2 atom stereocenters. The van der Waals surface area contributed by atoms with Crippen LogP contribution in [0.4, 0.5) is 0 Å². The lowest BCUT2D eigenvalue weighted by atomic mass is 9.97. The Morgan fingerprint density at radius 3 is 2.63 bits per heavy atom. The van der Waals surface area contributed by atoms with Gasteiger partial charge in [0.15, 0.2) is 0 Å². The molecule has 1 aliphatic heterocycles. The van der Waals surface area contributed by atoms with Crippen molar-refractivity contribution in [3.63, 3.8) is 0 Å². The third-order valence-electron chi connectivity index (χ3n) is 3.86. The van der Waals surface area contributed by atoms with Gasteiger partial charge in [-0.3, -0.25) is 11.3 Å². The Bertz CT molecular complexity index is 407. The van der Waals surface area contributed by atoms with Gasteiger partial charge < -0.3 is 4.74 Å². The molecule has 0 aliphatic carbocycles. The zero-order chi connectivity index (χ0) is 13.8. The summed E-state index contributed by atoms with van der Waals surface area (Å²) in [5.41, 5.74) is 6.72. The van der Waals surface area contributed by atoms with Crippen LogP contribution < -0.4 is 11.3 Å². The van der Waals surface area contributed by atoms with Gasteiger partial charge >= 0.3 is 0 Å². The van der Waals surface area contributed by atoms with Crippen LogP contribution in [0.3, 0.4) is 0 Å². The lowest BCUT2D eigenvalue weighted by Crippen LogP contribution is -2.29. The number of rotatable bonds is 5. The van der Waals surface area contributed by atoms with E-state index in [1.165, 1.54) is 34.0 Å². The highest BCUT2D eigenvalue weighted by Crippen LogP contribution is 2.28. The van der Waals surface area contributed by atoms with Crippen LogP contribution >= 0.6 is 15.9 Å². The zero-order valence-corrected chi connectivity index (χ0v) is 13.3. The molecule has 0 bridgehead atoms. The van der Waals surface area contributed by atoms with Crippen molar-refractivity contribution in [3.8, 4) is 0 Å². The molecule has 1 aliphatic rings. The molecule has 3 nitrogen and oxygen atoms in total. The molecular formula is C15H23BrN2O. The quantitative estimate of drug-likeness (QED) is 0.642. The maximum atomic E-state index is 5.73. The Hall–Kier alpha value is -0.420. The number of hydrazine groups is 1. The third-order valence-corrected chi connectivity index (χ3v) is 5.11. The molecule has 1 aromatic carbocycles. The molecule has 2 unspecified atom stereocenters. The van der Waals surface area contributed by atoms with Gasteiger partial charge in [-0.15, -0.1) is 0 Å². The van der Waals surface area contributed by atoms with Gasteiger partial charge in [-0.2, -0.15) is 0 Å². The number of nitrogens with two attached hydrogens (primary N) is 1. The van der Waals surface area contributed by atoms with E-state index < -0.39 is 0 Å². The number of hydrogen-bond acceptors (Lipinski definition) is 3. The Kier molecular flexibility index (Phi) is 5.39. The van der Waals surface area contributed by atoms with E-state index in [9.17, 15) is 0 Å². The normalized spacial score (nSPS) is 20.7. The number of ether oxygens (including phenoxy) is 1. The molecule has 0 saturated carbocycles. The second kappa shape index (κ2) is 6.84. The second-order valence-electron chi connectivity index (χ2n) is 5.40. The fraction of sp³-hybridized carbons (Fsp3) is 0.600. The zero-order valence-electron chi connectivity index (χ0n) is 11.7. The highest BCUT2D eigenvalue weighted by Gasteiger charge is 2.19. The molecule has 0 aromatic heterocycles. The SMILES string of the molecule is Cc1cc(C(CCC2CCCO2)NN)cc(C)c1Br. The monoisotopic (exact) mass is 326 g/mol. The van der Waals surface area contributed by atoms with E-state index in [1.807, 2.05) is 0 Å². The van der Waals surface area contributed by atoms with Crippen molar-refractivity contribution in [2.45, 2.75) is 51.7 Å². The topological polar surface area (TPSA) is 47.3 Å². The van der Waals surface area contributed by atoms with Crippen molar-refractivity contribution in [1.82, 2.24) is 5.43 Å². The van der Waals surface area contributed by atoms with Crippen LogP contribution in [-0.4, -0.2) is 12.7 Å². The molecule has 0 radical (unpaired) electrons. The number of aryl methyl sites for hydroxylation is 2. The Balaban J connectivity index is 2.04. The molecule has 1 saturated heterocycles. The van der Waals surface area contributed by atoms with Gasteiger partial charge in [0.2, 0.25) is 0 Å². The first-order valence-corrected chi connectivity index (χ1v) is 7.75. The van der Waals surface area contributed by atoms with Crippen molar-refractivity contribution in [3.05, 3.63) is 33.3 Å². The number of nitrogens with one attached hydrogen (secondary N) is 1. The van der Waals surface area contributed by atoms with E-state index in [0.717, 1.165) is 19.4 Å². The molecule has 106 valence electrons. The van der Waals surface area contributed by atoms with Crippen LogP contribution in [0.5, 0.6) is 0 Å². The van der Waals surface area contributed by atoms with E-state index in [1.54, 1.807) is 0 Å². The maximum Gasteiger partial charge on any atom is 0.0576 e. The third kappa shape index (κ3) is 3.78. The van der Waals surface area contributed by atoms with Crippen molar-refractivity contribution >= 4 is 15.9 Å². The van der Waals surface area contributed by atoms with E-state index in [2.05, 4.69) is 47.3 Å². The fourth-order valence-electron chi connectivity index (χ4n) is 2.75. The first-order chi connectivity index (χ1) is 9.11. The van der Waals surface area contributed by atoms with Crippen LogP contribution in [-0.2, 0) is 4.74 Å². The smallest absolute Gasteiger partial charge is 0.0576 e. The van der Waals surface area contributed by atoms with E-state index in [0.29, 0.717) is 6.10 Å². The molecule has 4 heteroatoms. The van der Waals surface area contributed by atoms with Gasteiger partial charge in [-0.1, -0.05) is 28.1 Å². The Morgan fingerprint density at radius 2 is 2.11 bits per heavy atom. The Labute approximate surface area is 124 Å². The summed E-state index contributed by atoms with van der Waals surface area (Å²) >= 11 is 3.61. The summed E-state index contributed by atoms with van der Waals surface area (Å²) in [5.74, 6) is 5.73. The summed E-state index contributed by atoms with van der Waals surface area (Å²) in [6.07, 6.45) is 4.90. The molecular weight excluding hydrogens is 304 g/mol. The summed E-state index contributed by atoms with van der Waals surface area (Å²) in [6.45, 7) is 5.16. The first kappa shape index (κ1) is 15.0. The standard InChI is InChI=1S/C15H23BrN2O/c1-10-8-12(9-11(2)15(10)16)14(18-17)6-5-13-4-3-7-19-13/h8-9,13-14,18H,3-7,17H2,1-2H3. The van der Waals surface area contributed by atoms with Gasteiger partial charge in [0.25, 0.3) is 0 Å². The van der Waals surface area contributed by atoms with Gasteiger partial charge in [0.1, 0.15) is 0 Å². The molecule has 1 heterocycles. The summed E-state index contributed by atoms with van der Waals surface area (Å²) in [5, 5.41) is 0. The van der Waals surface area contributed by atoms with Crippen molar-refractivity contribution in [2.75, 3.05) is 6.61 Å². The van der Waals surface area contributed by atoms with E-state index in [4.69, 9.17) is 10.6 Å². The van der Waals surface area contributed by atoms with Gasteiger partial charge in [0.05, 0.1) is 6.10 Å². The van der Waals surface area contributed by atoms with Crippen LogP contribution in [0.1, 0.15) is 48.4 Å². The van der Waals surface area contributed by atoms with Crippen LogP contribution in [0.2, 0.25) is 0 Å². The van der Waals surface area contributed by atoms with Crippen molar-refractivity contribution < 1.29 is 4.74 Å². The molecule has 2 rings (SSSR count). The number of benzene rings is 1. The molecule has 19 heavy (non-hydrogen) atoms. The van der Waals surface area contributed by atoms with Crippen LogP contribution in [0.15, 0.2) is 16.6 Å². The van der Waals surface area contributed by atoms with Gasteiger partial charge in [0, 0.05) is 17.1 Å². The first-order valence-electron chi connectivity index (χ1n) is 6.96. The average Bonchev–Trinajstić information content (AvgIpc) is 2.89. The number of hydrogen-bond donors (Lipinski definition) is 2. The minimum Gasteiger partial charge on any atom is -0.378 e. The predicted octanol–water partition coefficient (Wildman–Crippen LogP) is 3.53.